The van der Waals surface area contributed by atoms with E-state index in [1.54, 1.807) is 35.3 Å². The first-order valence-electron chi connectivity index (χ1n) is 7.38. The van der Waals surface area contributed by atoms with Gasteiger partial charge in [0.15, 0.2) is 0 Å². The standard InChI is InChI=1S/C18H15ClN4O/c19-15-6-4-5-14(11-15)12-20-18(24)22-16-9-10-23(21-13-16)17-7-2-1-3-8-17/h1-11,13H,12H2,(H,20,24). The molecular formula is C18H15ClN4O. The van der Waals surface area contributed by atoms with E-state index in [4.69, 9.17) is 11.6 Å². The zero-order valence-electron chi connectivity index (χ0n) is 12.8. The van der Waals surface area contributed by atoms with E-state index in [1.807, 2.05) is 42.5 Å². The van der Waals surface area contributed by atoms with Crippen molar-refractivity contribution in [1.29, 1.82) is 0 Å². The third kappa shape index (κ3) is 4.30. The van der Waals surface area contributed by atoms with E-state index in [0.717, 1.165) is 11.3 Å². The Morgan fingerprint density at radius 2 is 1.96 bits per heavy atom. The van der Waals surface area contributed by atoms with Crippen molar-refractivity contribution < 1.29 is 4.79 Å². The normalized spacial score (nSPS) is 11.3. The van der Waals surface area contributed by atoms with Gasteiger partial charge in [-0.05, 0) is 35.9 Å². The molecule has 0 radical (unpaired) electrons. The topological polar surface area (TPSA) is 59.3 Å². The minimum absolute atomic E-state index is 0.368. The van der Waals surface area contributed by atoms with Gasteiger partial charge in [0.05, 0.1) is 17.2 Å². The van der Waals surface area contributed by atoms with Gasteiger partial charge in [-0.3, -0.25) is 0 Å². The predicted molar refractivity (Wildman–Crippen MR) is 92.8 cm³/mol. The van der Waals surface area contributed by atoms with E-state index >= 15 is 0 Å². The van der Waals surface area contributed by atoms with Crippen molar-refractivity contribution in [1.82, 2.24) is 15.1 Å². The summed E-state index contributed by atoms with van der Waals surface area (Å²) in [4.78, 5) is 15.9. The van der Waals surface area contributed by atoms with Crippen molar-refractivity contribution >= 4 is 17.6 Å². The Labute approximate surface area is 144 Å². The Hall–Kier alpha value is -2.92. The summed E-state index contributed by atoms with van der Waals surface area (Å²) in [5.41, 5.74) is 1.86. The van der Waals surface area contributed by atoms with Crippen LogP contribution in [0.1, 0.15) is 5.56 Å². The molecule has 1 N–H and O–H groups in total. The molecule has 1 heterocycles. The van der Waals surface area contributed by atoms with Crippen molar-refractivity contribution in [3.05, 3.63) is 89.0 Å². The van der Waals surface area contributed by atoms with Crippen LogP contribution in [0, 0.1) is 0 Å². The van der Waals surface area contributed by atoms with Crippen LogP contribution in [0.4, 0.5) is 4.79 Å². The minimum Gasteiger partial charge on any atom is -0.332 e. The van der Waals surface area contributed by atoms with Crippen molar-refractivity contribution in [2.75, 3.05) is 0 Å². The van der Waals surface area contributed by atoms with Crippen LogP contribution in [-0.4, -0.2) is 15.8 Å². The second-order valence-electron chi connectivity index (χ2n) is 5.07. The molecule has 0 saturated carbocycles. The van der Waals surface area contributed by atoms with Crippen LogP contribution >= 0.6 is 11.6 Å². The van der Waals surface area contributed by atoms with E-state index < -0.39 is 6.03 Å². The van der Waals surface area contributed by atoms with Crippen LogP contribution in [0.15, 0.2) is 78.0 Å². The van der Waals surface area contributed by atoms with Crippen LogP contribution in [0.5, 0.6) is 0 Å². The Bertz CT molecular complexity index is 886. The molecule has 0 bridgehead atoms. The summed E-state index contributed by atoms with van der Waals surface area (Å²) in [5, 5.41) is 8.11. The highest BCUT2D eigenvalue weighted by molar-refractivity contribution is 6.30. The number of rotatable bonds is 3. The summed E-state index contributed by atoms with van der Waals surface area (Å²) in [6.45, 7) is 0.368. The summed E-state index contributed by atoms with van der Waals surface area (Å²) in [7, 11) is 0. The molecule has 24 heavy (non-hydrogen) atoms. The van der Waals surface area contributed by atoms with Gasteiger partial charge in [-0.25, -0.2) is 9.48 Å². The molecule has 0 fully saturated rings. The van der Waals surface area contributed by atoms with E-state index in [2.05, 4.69) is 15.4 Å². The number of para-hydroxylation sites is 1. The Balaban J connectivity index is 1.66. The highest BCUT2D eigenvalue weighted by atomic mass is 35.5. The number of hydrogen-bond acceptors (Lipinski definition) is 2. The van der Waals surface area contributed by atoms with Gasteiger partial charge in [-0.2, -0.15) is 10.1 Å². The molecule has 2 amide bonds. The first kappa shape index (κ1) is 16.0. The first-order chi connectivity index (χ1) is 11.7. The largest absolute Gasteiger partial charge is 0.341 e. The van der Waals surface area contributed by atoms with E-state index in [1.165, 1.54) is 0 Å². The van der Waals surface area contributed by atoms with Gasteiger partial charge >= 0.3 is 6.03 Å². The number of carbonyl (C=O) groups excluding carboxylic acids is 1. The van der Waals surface area contributed by atoms with Crippen LogP contribution in [-0.2, 0) is 6.54 Å². The van der Waals surface area contributed by atoms with E-state index in [0.29, 0.717) is 16.9 Å². The van der Waals surface area contributed by atoms with E-state index in [9.17, 15) is 4.79 Å². The van der Waals surface area contributed by atoms with Gasteiger partial charge in [0.2, 0.25) is 0 Å². The third-order valence-corrected chi connectivity index (χ3v) is 3.52. The number of benzene rings is 2. The Morgan fingerprint density at radius 1 is 1.12 bits per heavy atom. The van der Waals surface area contributed by atoms with Crippen molar-refractivity contribution in [3.63, 3.8) is 0 Å². The summed E-state index contributed by atoms with van der Waals surface area (Å²) in [6.07, 6.45) is 3.31. The summed E-state index contributed by atoms with van der Waals surface area (Å²) in [5.74, 6) is 0. The van der Waals surface area contributed by atoms with Crippen LogP contribution in [0.25, 0.3) is 5.69 Å². The fourth-order valence-corrected chi connectivity index (χ4v) is 2.34. The minimum atomic E-state index is -0.422. The van der Waals surface area contributed by atoms with Gasteiger partial charge in [-0.15, -0.1) is 0 Å². The molecule has 1 aromatic heterocycles. The highest BCUT2D eigenvalue weighted by Crippen LogP contribution is 2.10. The molecule has 120 valence electrons. The molecule has 0 aliphatic carbocycles. The molecule has 0 aliphatic heterocycles. The predicted octanol–water partition coefficient (Wildman–Crippen LogP) is 3.34. The zero-order chi connectivity index (χ0) is 16.8. The summed E-state index contributed by atoms with van der Waals surface area (Å²) < 4.78 is 1.71. The van der Waals surface area contributed by atoms with Gasteiger partial charge in [-0.1, -0.05) is 41.9 Å². The molecule has 0 saturated heterocycles. The van der Waals surface area contributed by atoms with Gasteiger partial charge in [0.25, 0.3) is 0 Å². The second-order valence-corrected chi connectivity index (χ2v) is 5.50. The Kier molecular flexibility index (Phi) is 5.03. The molecule has 6 heteroatoms. The number of urea groups is 1. The average Bonchev–Trinajstić information content (AvgIpc) is 2.61. The molecule has 3 rings (SSSR count). The maximum Gasteiger partial charge on any atom is 0.341 e. The molecule has 0 aliphatic rings. The van der Waals surface area contributed by atoms with Gasteiger partial charge in [0, 0.05) is 17.8 Å². The number of halogens is 1. The van der Waals surface area contributed by atoms with Gasteiger partial charge in [0.1, 0.15) is 0 Å². The lowest BCUT2D eigenvalue weighted by Gasteiger charge is -2.04. The molecule has 2 aromatic carbocycles. The number of aromatic nitrogens is 2. The second kappa shape index (κ2) is 7.57. The molecule has 0 unspecified atom stereocenters. The van der Waals surface area contributed by atoms with Crippen molar-refractivity contribution in [3.8, 4) is 5.69 Å². The number of carbonyl (C=O) groups is 1. The fourth-order valence-electron chi connectivity index (χ4n) is 2.13. The van der Waals surface area contributed by atoms with Crippen LogP contribution in [0.3, 0.4) is 0 Å². The number of amides is 2. The third-order valence-electron chi connectivity index (χ3n) is 3.29. The smallest absolute Gasteiger partial charge is 0.332 e. The highest BCUT2D eigenvalue weighted by Gasteiger charge is 1.99. The van der Waals surface area contributed by atoms with Gasteiger partial charge < -0.3 is 5.32 Å². The van der Waals surface area contributed by atoms with Crippen molar-refractivity contribution in [2.24, 2.45) is 4.99 Å². The molecule has 0 atom stereocenters. The lowest BCUT2D eigenvalue weighted by atomic mass is 10.2. The summed E-state index contributed by atoms with van der Waals surface area (Å²) >= 11 is 5.91. The molecule has 0 spiro atoms. The van der Waals surface area contributed by atoms with Crippen LogP contribution in [0.2, 0.25) is 5.02 Å². The van der Waals surface area contributed by atoms with Crippen molar-refractivity contribution in [2.45, 2.75) is 6.54 Å². The average molecular weight is 339 g/mol. The first-order valence-corrected chi connectivity index (χ1v) is 7.76. The number of hydrogen-bond donors (Lipinski definition) is 1. The lowest BCUT2D eigenvalue weighted by molar-refractivity contribution is 0.248. The quantitative estimate of drug-likeness (QED) is 0.796. The Morgan fingerprint density at radius 3 is 2.67 bits per heavy atom. The lowest BCUT2D eigenvalue weighted by Crippen LogP contribution is -2.22. The number of nitrogens with zero attached hydrogens (tertiary/aromatic N) is 3. The fraction of sp³-hybridized carbons (Fsp3) is 0.0556. The zero-order valence-corrected chi connectivity index (χ0v) is 13.5. The maximum absolute atomic E-state index is 11.9. The monoisotopic (exact) mass is 338 g/mol. The summed E-state index contributed by atoms with van der Waals surface area (Å²) in [6, 6.07) is 18.3. The molecular weight excluding hydrogens is 324 g/mol. The van der Waals surface area contributed by atoms with Crippen LogP contribution < -0.4 is 10.7 Å². The SMILES string of the molecule is O=C(N=c1ccn(-c2ccccc2)nc1)NCc1cccc(Cl)c1. The number of nitrogens with one attached hydrogen (secondary N) is 1. The molecule has 5 nitrogen and oxygen atoms in total. The molecule has 3 aromatic rings. The maximum atomic E-state index is 11.9. The van der Waals surface area contributed by atoms with E-state index in [-0.39, 0.29) is 0 Å².